The van der Waals surface area contributed by atoms with Crippen LogP contribution in [0.3, 0.4) is 0 Å². The summed E-state index contributed by atoms with van der Waals surface area (Å²) in [5, 5.41) is 17.9. The Labute approximate surface area is 309 Å². The maximum atomic E-state index is 10.5. The summed E-state index contributed by atoms with van der Waals surface area (Å²) in [5.74, 6) is 1.84. The van der Waals surface area contributed by atoms with Gasteiger partial charge in [-0.15, -0.1) is 0 Å². The van der Waals surface area contributed by atoms with E-state index in [0.717, 1.165) is 39.0 Å². The van der Waals surface area contributed by atoms with Crippen LogP contribution < -0.4 is 0 Å². The Balaban J connectivity index is 1.17. The highest BCUT2D eigenvalue weighted by molar-refractivity contribution is 14.1. The van der Waals surface area contributed by atoms with Crippen LogP contribution in [0.4, 0.5) is 0 Å². The van der Waals surface area contributed by atoms with Gasteiger partial charge in [-0.05, 0) is 72.8 Å². The number of hydrogen-bond acceptors (Lipinski definition) is 4. The minimum Gasteiger partial charge on any atom is -0.208 e. The molecule has 1 aliphatic carbocycles. The standard InChI is InChI=1S/C46H29IN4/c47-46(29-48)27-35(25-36(28-46)33-22-23-41-39-20-8-7-18-37(39)38-19-9-10-21-40(38)42(41)26-33)32-16-11-17-34(24-32)45-50-43(30-12-3-1-4-13-30)49-44(51-45)31-14-5-2-6-15-31/h1-27H,28H2. The Morgan fingerprint density at radius 1 is 0.471 bits per heavy atom. The van der Waals surface area contributed by atoms with Crippen LogP contribution in [-0.4, -0.2) is 18.4 Å². The molecular weight excluding hydrogens is 735 g/mol. The van der Waals surface area contributed by atoms with Crippen LogP contribution in [0, 0.1) is 11.3 Å². The van der Waals surface area contributed by atoms with Crippen LogP contribution in [0.25, 0.3) is 77.6 Å². The normalized spacial score (nSPS) is 15.8. The molecule has 9 rings (SSSR count). The fourth-order valence-corrected chi connectivity index (χ4v) is 7.91. The first-order valence-electron chi connectivity index (χ1n) is 16.9. The van der Waals surface area contributed by atoms with E-state index in [0.29, 0.717) is 23.9 Å². The molecule has 5 heteroatoms. The van der Waals surface area contributed by atoms with Crippen LogP contribution in [0.2, 0.25) is 0 Å². The second-order valence-electron chi connectivity index (χ2n) is 12.9. The van der Waals surface area contributed by atoms with Gasteiger partial charge in [-0.1, -0.05) is 168 Å². The lowest BCUT2D eigenvalue weighted by molar-refractivity contribution is 0.953. The smallest absolute Gasteiger partial charge is 0.164 e. The van der Waals surface area contributed by atoms with E-state index in [9.17, 15) is 5.26 Å². The van der Waals surface area contributed by atoms with Crippen LogP contribution >= 0.6 is 22.6 Å². The molecule has 0 saturated heterocycles. The molecule has 51 heavy (non-hydrogen) atoms. The molecule has 0 bridgehead atoms. The highest BCUT2D eigenvalue weighted by Gasteiger charge is 2.30. The summed E-state index contributed by atoms with van der Waals surface area (Å²) in [6.07, 6.45) is 4.95. The molecule has 0 amide bonds. The molecule has 8 aromatic rings. The van der Waals surface area contributed by atoms with E-state index in [2.05, 4.69) is 120 Å². The molecule has 0 N–H and O–H groups in total. The average Bonchev–Trinajstić information content (AvgIpc) is 3.21. The molecule has 7 aromatic carbocycles. The summed E-state index contributed by atoms with van der Waals surface area (Å²) in [7, 11) is 0. The summed E-state index contributed by atoms with van der Waals surface area (Å²) in [5.41, 5.74) is 6.99. The minimum atomic E-state index is -0.707. The average molecular weight is 765 g/mol. The zero-order chi connectivity index (χ0) is 34.4. The topological polar surface area (TPSA) is 62.5 Å². The number of halogens is 1. The number of benzene rings is 7. The van der Waals surface area contributed by atoms with Crippen molar-refractivity contribution in [3.63, 3.8) is 0 Å². The van der Waals surface area contributed by atoms with Crippen LogP contribution in [0.15, 0.2) is 164 Å². The predicted molar refractivity (Wildman–Crippen MR) is 218 cm³/mol. The summed E-state index contributed by atoms with van der Waals surface area (Å²) in [4.78, 5) is 14.8. The third-order valence-corrected chi connectivity index (χ3v) is 10.6. The van der Waals surface area contributed by atoms with Crippen LogP contribution in [0.5, 0.6) is 0 Å². The van der Waals surface area contributed by atoms with Gasteiger partial charge in [-0.25, -0.2) is 15.0 Å². The molecule has 0 fully saturated rings. The highest BCUT2D eigenvalue weighted by atomic mass is 127. The van der Waals surface area contributed by atoms with Gasteiger partial charge >= 0.3 is 0 Å². The zero-order valence-electron chi connectivity index (χ0n) is 27.5. The van der Waals surface area contributed by atoms with Gasteiger partial charge < -0.3 is 0 Å². The van der Waals surface area contributed by atoms with E-state index in [-0.39, 0.29) is 0 Å². The molecule has 1 heterocycles. The van der Waals surface area contributed by atoms with E-state index < -0.39 is 3.42 Å². The number of nitrogens with zero attached hydrogens (tertiary/aromatic N) is 4. The Bertz CT molecular complexity index is 2650. The van der Waals surface area contributed by atoms with E-state index in [1.807, 2.05) is 72.8 Å². The van der Waals surface area contributed by atoms with Crippen molar-refractivity contribution in [3.8, 4) is 40.2 Å². The van der Waals surface area contributed by atoms with Gasteiger partial charge in [0.25, 0.3) is 0 Å². The van der Waals surface area contributed by atoms with Gasteiger partial charge in [0, 0.05) is 23.1 Å². The minimum absolute atomic E-state index is 0.597. The molecular formula is C46H29IN4. The van der Waals surface area contributed by atoms with Crippen molar-refractivity contribution in [2.24, 2.45) is 0 Å². The third kappa shape index (κ3) is 5.78. The lowest BCUT2D eigenvalue weighted by Crippen LogP contribution is -2.18. The van der Waals surface area contributed by atoms with Crippen molar-refractivity contribution < 1.29 is 0 Å². The van der Waals surface area contributed by atoms with Gasteiger partial charge in [0.2, 0.25) is 0 Å². The van der Waals surface area contributed by atoms with Crippen molar-refractivity contribution in [2.45, 2.75) is 9.84 Å². The van der Waals surface area contributed by atoms with Gasteiger partial charge in [0.15, 0.2) is 17.5 Å². The second kappa shape index (κ2) is 12.7. The number of rotatable bonds is 5. The van der Waals surface area contributed by atoms with Gasteiger partial charge in [-0.3, -0.25) is 0 Å². The van der Waals surface area contributed by atoms with Crippen molar-refractivity contribution in [2.75, 3.05) is 0 Å². The second-order valence-corrected chi connectivity index (χ2v) is 14.8. The number of allylic oxidation sites excluding steroid dienone is 4. The fraction of sp³-hybridized carbons (Fsp3) is 0.0435. The monoisotopic (exact) mass is 764 g/mol. The lowest BCUT2D eigenvalue weighted by Gasteiger charge is -2.25. The summed E-state index contributed by atoms with van der Waals surface area (Å²) in [6, 6.07) is 55.0. The Hall–Kier alpha value is -5.97. The molecule has 0 spiro atoms. The predicted octanol–water partition coefficient (Wildman–Crippen LogP) is 11.9. The fourth-order valence-electron chi connectivity index (χ4n) is 7.16. The number of hydrogen-bond donors (Lipinski definition) is 0. The molecule has 0 aliphatic heterocycles. The van der Waals surface area contributed by atoms with Gasteiger partial charge in [0.1, 0.15) is 3.42 Å². The first-order chi connectivity index (χ1) is 25.0. The van der Waals surface area contributed by atoms with Crippen molar-refractivity contribution in [1.29, 1.82) is 5.26 Å². The number of aromatic nitrogens is 3. The summed E-state index contributed by atoms with van der Waals surface area (Å²) < 4.78 is -0.707. The summed E-state index contributed by atoms with van der Waals surface area (Å²) in [6.45, 7) is 0. The Morgan fingerprint density at radius 2 is 0.941 bits per heavy atom. The quantitative estimate of drug-likeness (QED) is 0.0995. The number of nitriles is 1. The zero-order valence-corrected chi connectivity index (χ0v) is 29.6. The van der Waals surface area contributed by atoms with E-state index in [1.54, 1.807) is 0 Å². The Kier molecular flexibility index (Phi) is 7.75. The lowest BCUT2D eigenvalue weighted by atomic mass is 9.84. The van der Waals surface area contributed by atoms with E-state index in [4.69, 9.17) is 15.0 Å². The molecule has 4 nitrogen and oxygen atoms in total. The highest BCUT2D eigenvalue weighted by Crippen LogP contribution is 2.43. The molecule has 1 aliphatic rings. The maximum Gasteiger partial charge on any atom is 0.164 e. The van der Waals surface area contributed by atoms with Crippen LogP contribution in [-0.2, 0) is 0 Å². The van der Waals surface area contributed by atoms with Gasteiger partial charge in [-0.2, -0.15) is 5.26 Å². The van der Waals surface area contributed by atoms with E-state index >= 15 is 0 Å². The molecule has 0 radical (unpaired) electrons. The number of fused-ring (bicyclic) bond motifs is 6. The Morgan fingerprint density at radius 3 is 1.51 bits per heavy atom. The largest absolute Gasteiger partial charge is 0.208 e. The van der Waals surface area contributed by atoms with Crippen molar-refractivity contribution >= 4 is 66.1 Å². The van der Waals surface area contributed by atoms with E-state index in [1.165, 1.54) is 32.3 Å². The molecule has 0 saturated carbocycles. The molecule has 1 atom stereocenters. The van der Waals surface area contributed by atoms with Gasteiger partial charge in [0.05, 0.1) is 6.07 Å². The maximum absolute atomic E-state index is 10.5. The third-order valence-electron chi connectivity index (χ3n) is 9.62. The summed E-state index contributed by atoms with van der Waals surface area (Å²) >= 11 is 2.31. The van der Waals surface area contributed by atoms with Crippen molar-refractivity contribution in [1.82, 2.24) is 15.0 Å². The first kappa shape index (κ1) is 31.0. The SMILES string of the molecule is N#CC1(I)C=C(c2cccc(-c3nc(-c4ccccc4)nc(-c4ccccc4)n3)c2)C=C(c2ccc3c4ccccc4c4ccccc4c3c2)C1. The van der Waals surface area contributed by atoms with Crippen LogP contribution in [0.1, 0.15) is 17.5 Å². The molecule has 1 unspecified atom stereocenters. The number of alkyl halides is 1. The first-order valence-corrected chi connectivity index (χ1v) is 18.0. The molecule has 1 aromatic heterocycles. The van der Waals surface area contributed by atoms with Crippen molar-refractivity contribution in [3.05, 3.63) is 175 Å². The molecule has 240 valence electrons.